The first-order chi connectivity index (χ1) is 7.55. The molecule has 3 N–H and O–H groups in total. The first-order valence-electron chi connectivity index (χ1n) is 5.83. The quantitative estimate of drug-likeness (QED) is 0.756. The average molecular weight is 262 g/mol. The fourth-order valence-corrected chi connectivity index (χ4v) is 3.08. The van der Waals surface area contributed by atoms with Crippen molar-refractivity contribution in [3.05, 3.63) is 0 Å². The fraction of sp³-hybridized carbons (Fsp3) is 0.909. The van der Waals surface area contributed by atoms with Gasteiger partial charge in [0.2, 0.25) is 15.9 Å². The lowest BCUT2D eigenvalue weighted by atomic mass is 9.61. The van der Waals surface area contributed by atoms with Gasteiger partial charge in [-0.1, -0.05) is 20.8 Å². The van der Waals surface area contributed by atoms with Gasteiger partial charge in [-0.15, -0.1) is 0 Å². The molecule has 1 amide bonds. The fourth-order valence-electron chi connectivity index (χ4n) is 2.57. The van der Waals surface area contributed by atoms with E-state index >= 15 is 0 Å². The van der Waals surface area contributed by atoms with Crippen molar-refractivity contribution in [3.63, 3.8) is 0 Å². The van der Waals surface area contributed by atoms with E-state index in [0.29, 0.717) is 6.42 Å². The third kappa shape index (κ3) is 3.19. The Labute approximate surface area is 103 Å². The summed E-state index contributed by atoms with van der Waals surface area (Å²) < 4.78 is 24.2. The van der Waals surface area contributed by atoms with Crippen LogP contribution >= 0.6 is 0 Å². The number of carbonyl (C=O) groups is 1. The van der Waals surface area contributed by atoms with Crippen LogP contribution in [0.5, 0.6) is 0 Å². The summed E-state index contributed by atoms with van der Waals surface area (Å²) in [7, 11) is -3.48. The first-order valence-corrected chi connectivity index (χ1v) is 7.72. The van der Waals surface area contributed by atoms with E-state index in [1.54, 1.807) is 0 Å². The lowest BCUT2D eigenvalue weighted by molar-refractivity contribution is -0.130. The molecule has 0 spiro atoms. The molecule has 0 aromatic carbocycles. The summed E-state index contributed by atoms with van der Waals surface area (Å²) in [6.07, 6.45) is 2.39. The van der Waals surface area contributed by atoms with Gasteiger partial charge in [0.1, 0.15) is 0 Å². The van der Waals surface area contributed by atoms with Crippen molar-refractivity contribution < 1.29 is 13.2 Å². The predicted octanol–water partition coefficient (Wildman–Crippen LogP) is 0.462. The zero-order valence-electron chi connectivity index (χ0n) is 10.9. The van der Waals surface area contributed by atoms with Gasteiger partial charge in [0.05, 0.1) is 6.26 Å². The molecular weight excluding hydrogens is 240 g/mol. The molecule has 1 saturated carbocycles. The van der Waals surface area contributed by atoms with Crippen molar-refractivity contribution in [2.24, 2.45) is 23.0 Å². The Bertz CT molecular complexity index is 403. The van der Waals surface area contributed by atoms with Crippen LogP contribution in [0.4, 0.5) is 0 Å². The first kappa shape index (κ1) is 14.4. The Morgan fingerprint density at radius 1 is 1.35 bits per heavy atom. The molecule has 100 valence electrons. The number of hydrogen-bond acceptors (Lipinski definition) is 4. The Morgan fingerprint density at radius 3 is 2.35 bits per heavy atom. The Morgan fingerprint density at radius 2 is 1.88 bits per heavy atom. The summed E-state index contributed by atoms with van der Waals surface area (Å²) in [5.74, 6) is -0.519. The monoisotopic (exact) mass is 262 g/mol. The van der Waals surface area contributed by atoms with Crippen LogP contribution in [0.15, 0.2) is 0 Å². The van der Waals surface area contributed by atoms with Crippen LogP contribution in [0.2, 0.25) is 0 Å². The van der Waals surface area contributed by atoms with Crippen molar-refractivity contribution in [2.45, 2.75) is 39.7 Å². The molecule has 1 aliphatic carbocycles. The molecule has 6 heteroatoms. The van der Waals surface area contributed by atoms with E-state index in [-0.39, 0.29) is 23.3 Å². The van der Waals surface area contributed by atoms with Crippen molar-refractivity contribution >= 4 is 15.9 Å². The van der Waals surface area contributed by atoms with E-state index in [1.165, 1.54) is 0 Å². The van der Waals surface area contributed by atoms with Crippen LogP contribution in [0.3, 0.4) is 0 Å². The van der Waals surface area contributed by atoms with Crippen LogP contribution in [-0.2, 0) is 14.8 Å². The summed E-state index contributed by atoms with van der Waals surface area (Å²) in [5.41, 5.74) is 5.71. The summed E-state index contributed by atoms with van der Waals surface area (Å²) in [5, 5.41) is 0. The molecule has 0 bridgehead atoms. The third-order valence-electron chi connectivity index (χ3n) is 4.11. The van der Waals surface area contributed by atoms with Gasteiger partial charge in [0.25, 0.3) is 0 Å². The second-order valence-corrected chi connectivity index (χ2v) is 7.39. The standard InChI is InChI=1S/C11H22N2O3S/c1-7-9(12)6-5-8(11(7,2)3)10(14)13-17(4,15)16/h7-9H,5-6,12H2,1-4H3,(H,13,14). The third-order valence-corrected chi connectivity index (χ3v) is 4.68. The van der Waals surface area contributed by atoms with Gasteiger partial charge >= 0.3 is 0 Å². The van der Waals surface area contributed by atoms with Crippen molar-refractivity contribution in [2.75, 3.05) is 6.26 Å². The topological polar surface area (TPSA) is 89.3 Å². The van der Waals surface area contributed by atoms with E-state index in [1.807, 2.05) is 20.8 Å². The lowest BCUT2D eigenvalue weighted by Gasteiger charge is -2.45. The van der Waals surface area contributed by atoms with Gasteiger partial charge < -0.3 is 5.73 Å². The molecule has 0 aliphatic heterocycles. The molecule has 1 aliphatic rings. The van der Waals surface area contributed by atoms with E-state index in [2.05, 4.69) is 4.72 Å². The minimum Gasteiger partial charge on any atom is -0.327 e. The van der Waals surface area contributed by atoms with Gasteiger partial charge in [-0.2, -0.15) is 0 Å². The summed E-state index contributed by atoms with van der Waals surface area (Å²) >= 11 is 0. The number of sulfonamides is 1. The van der Waals surface area contributed by atoms with Crippen molar-refractivity contribution in [1.29, 1.82) is 0 Å². The molecule has 0 aromatic rings. The molecule has 17 heavy (non-hydrogen) atoms. The lowest BCUT2D eigenvalue weighted by Crippen LogP contribution is -2.52. The summed E-state index contributed by atoms with van der Waals surface area (Å²) in [4.78, 5) is 12.0. The zero-order valence-corrected chi connectivity index (χ0v) is 11.7. The number of carbonyl (C=O) groups excluding carboxylic acids is 1. The number of nitrogens with two attached hydrogens (primary N) is 1. The number of rotatable bonds is 2. The molecule has 0 heterocycles. The van der Waals surface area contributed by atoms with E-state index < -0.39 is 15.9 Å². The Kier molecular flexibility index (Phi) is 3.88. The molecule has 0 aromatic heterocycles. The number of hydrogen-bond donors (Lipinski definition) is 2. The van der Waals surface area contributed by atoms with Gasteiger partial charge in [-0.25, -0.2) is 8.42 Å². The van der Waals surface area contributed by atoms with Gasteiger partial charge in [-0.05, 0) is 24.2 Å². The normalized spacial score (nSPS) is 33.1. The van der Waals surface area contributed by atoms with Crippen LogP contribution in [0.25, 0.3) is 0 Å². The van der Waals surface area contributed by atoms with Crippen molar-refractivity contribution in [1.82, 2.24) is 4.72 Å². The highest BCUT2D eigenvalue weighted by Crippen LogP contribution is 2.44. The summed E-state index contributed by atoms with van der Waals surface area (Å²) in [6.45, 7) is 5.97. The second kappa shape index (κ2) is 4.57. The van der Waals surface area contributed by atoms with Gasteiger partial charge in [-0.3, -0.25) is 9.52 Å². The maximum atomic E-state index is 12.0. The highest BCUT2D eigenvalue weighted by atomic mass is 32.2. The second-order valence-electron chi connectivity index (χ2n) is 5.64. The van der Waals surface area contributed by atoms with E-state index in [0.717, 1.165) is 12.7 Å². The predicted molar refractivity (Wildman–Crippen MR) is 66.6 cm³/mol. The van der Waals surface area contributed by atoms with Crippen LogP contribution in [-0.4, -0.2) is 26.6 Å². The maximum Gasteiger partial charge on any atom is 0.237 e. The molecule has 0 radical (unpaired) electrons. The minimum atomic E-state index is -3.48. The minimum absolute atomic E-state index is 0.0762. The highest BCUT2D eigenvalue weighted by molar-refractivity contribution is 7.89. The number of amides is 1. The molecule has 3 unspecified atom stereocenters. The molecule has 5 nitrogen and oxygen atoms in total. The van der Waals surface area contributed by atoms with Gasteiger partial charge in [0, 0.05) is 12.0 Å². The van der Waals surface area contributed by atoms with Gasteiger partial charge in [0.15, 0.2) is 0 Å². The number of nitrogens with one attached hydrogen (secondary N) is 1. The molecule has 0 saturated heterocycles. The largest absolute Gasteiger partial charge is 0.327 e. The Balaban J connectivity index is 2.88. The average Bonchev–Trinajstić information content (AvgIpc) is 2.11. The van der Waals surface area contributed by atoms with E-state index in [9.17, 15) is 13.2 Å². The van der Waals surface area contributed by atoms with Crippen LogP contribution in [0.1, 0.15) is 33.6 Å². The SMILES string of the molecule is CC1C(N)CCC(C(=O)NS(C)(=O)=O)C1(C)C. The smallest absolute Gasteiger partial charge is 0.237 e. The molecular formula is C11H22N2O3S. The molecule has 3 atom stereocenters. The van der Waals surface area contributed by atoms with Crippen molar-refractivity contribution in [3.8, 4) is 0 Å². The maximum absolute atomic E-state index is 12.0. The Hall–Kier alpha value is -0.620. The van der Waals surface area contributed by atoms with Crippen LogP contribution < -0.4 is 10.5 Å². The molecule has 1 rings (SSSR count). The summed E-state index contributed by atoms with van der Waals surface area (Å²) in [6, 6.07) is 0.0762. The van der Waals surface area contributed by atoms with Crippen LogP contribution in [0, 0.1) is 17.3 Å². The molecule has 1 fully saturated rings. The highest BCUT2D eigenvalue weighted by Gasteiger charge is 2.45. The zero-order chi connectivity index (χ0) is 13.4. The van der Waals surface area contributed by atoms with E-state index in [4.69, 9.17) is 5.73 Å².